The van der Waals surface area contributed by atoms with Gasteiger partial charge >= 0.3 is 0 Å². The summed E-state index contributed by atoms with van der Waals surface area (Å²) in [5.74, 6) is -0.202. The Hall–Kier alpha value is -0.940. The smallest absolute Gasteiger partial charge is 0.217 e. The molecule has 0 aliphatic heterocycles. The van der Waals surface area contributed by atoms with Crippen molar-refractivity contribution >= 4 is 17.2 Å². The van der Waals surface area contributed by atoms with Crippen LogP contribution in [-0.4, -0.2) is 35.4 Å². The molecule has 0 fully saturated rings. The van der Waals surface area contributed by atoms with Gasteiger partial charge in [-0.05, 0) is 39.3 Å². The van der Waals surface area contributed by atoms with Gasteiger partial charge in [0, 0.05) is 17.3 Å². The molecule has 94 valence electrons. The summed E-state index contributed by atoms with van der Waals surface area (Å²) in [5.41, 5.74) is 8.38. The Morgan fingerprint density at radius 3 is 3.29 bits per heavy atom. The van der Waals surface area contributed by atoms with Crippen molar-refractivity contribution in [2.45, 2.75) is 38.1 Å². The average molecular weight is 253 g/mol. The van der Waals surface area contributed by atoms with Crippen LogP contribution in [0.5, 0.6) is 0 Å². The van der Waals surface area contributed by atoms with E-state index in [-0.39, 0.29) is 5.91 Å². The Kier molecular flexibility index (Phi) is 4.12. The lowest BCUT2D eigenvalue weighted by atomic mass is 9.96. The Morgan fingerprint density at radius 2 is 2.53 bits per heavy atom. The van der Waals surface area contributed by atoms with E-state index in [1.165, 1.54) is 17.0 Å². The molecule has 0 spiro atoms. The number of nitrogens with two attached hydrogens (primary N) is 1. The molecule has 1 aliphatic rings. The summed E-state index contributed by atoms with van der Waals surface area (Å²) in [6.07, 6.45) is 4.71. The van der Waals surface area contributed by atoms with Crippen LogP contribution in [0.4, 0.5) is 0 Å². The van der Waals surface area contributed by atoms with Crippen LogP contribution in [0.3, 0.4) is 0 Å². The number of aromatic nitrogens is 1. The largest absolute Gasteiger partial charge is 0.370 e. The Morgan fingerprint density at radius 1 is 1.71 bits per heavy atom. The van der Waals surface area contributed by atoms with Gasteiger partial charge < -0.3 is 10.6 Å². The lowest BCUT2D eigenvalue weighted by Gasteiger charge is -2.30. The maximum absolute atomic E-state index is 10.7. The number of hydrogen-bond acceptors (Lipinski definition) is 4. The molecule has 5 heteroatoms. The zero-order valence-corrected chi connectivity index (χ0v) is 11.0. The number of amides is 1. The van der Waals surface area contributed by atoms with Gasteiger partial charge in [-0.1, -0.05) is 0 Å². The zero-order chi connectivity index (χ0) is 12.3. The SMILES string of the molecule is CN(CCCC(N)=O)C1CCc2ncsc2C1. The molecule has 0 radical (unpaired) electrons. The molecule has 1 unspecified atom stereocenters. The van der Waals surface area contributed by atoms with Gasteiger partial charge in [-0.25, -0.2) is 4.98 Å². The molecule has 1 heterocycles. The van der Waals surface area contributed by atoms with E-state index in [1.807, 2.05) is 5.51 Å². The van der Waals surface area contributed by atoms with Crippen LogP contribution in [0, 0.1) is 0 Å². The molecule has 17 heavy (non-hydrogen) atoms. The van der Waals surface area contributed by atoms with Crippen LogP contribution >= 0.6 is 11.3 Å². The van der Waals surface area contributed by atoms with Gasteiger partial charge in [0.25, 0.3) is 0 Å². The number of hydrogen-bond donors (Lipinski definition) is 1. The van der Waals surface area contributed by atoms with Crippen molar-refractivity contribution in [1.82, 2.24) is 9.88 Å². The van der Waals surface area contributed by atoms with Crippen LogP contribution in [0.25, 0.3) is 0 Å². The molecule has 0 saturated heterocycles. The standard InChI is InChI=1S/C12H19N3OS/c1-15(6-2-3-12(13)16)9-4-5-10-11(7-9)17-8-14-10/h8-9H,2-7H2,1H3,(H2,13,16). The first-order valence-corrected chi connectivity index (χ1v) is 6.94. The second-order valence-electron chi connectivity index (χ2n) is 4.67. The lowest BCUT2D eigenvalue weighted by Crippen LogP contribution is -2.37. The van der Waals surface area contributed by atoms with Crippen molar-refractivity contribution in [3.63, 3.8) is 0 Å². The van der Waals surface area contributed by atoms with Crippen LogP contribution < -0.4 is 5.73 Å². The molecule has 0 bridgehead atoms. The minimum absolute atomic E-state index is 0.202. The van der Waals surface area contributed by atoms with E-state index in [9.17, 15) is 4.79 Å². The van der Waals surface area contributed by atoms with Gasteiger partial charge in [0.2, 0.25) is 5.91 Å². The van der Waals surface area contributed by atoms with Gasteiger partial charge in [-0.2, -0.15) is 0 Å². The highest BCUT2D eigenvalue weighted by Gasteiger charge is 2.23. The molecular formula is C12H19N3OS. The molecule has 0 saturated carbocycles. The average Bonchev–Trinajstić information content (AvgIpc) is 2.75. The van der Waals surface area contributed by atoms with Crippen molar-refractivity contribution in [2.75, 3.05) is 13.6 Å². The summed E-state index contributed by atoms with van der Waals surface area (Å²) >= 11 is 1.76. The topological polar surface area (TPSA) is 59.2 Å². The Balaban J connectivity index is 1.81. The van der Waals surface area contributed by atoms with E-state index in [4.69, 9.17) is 5.73 Å². The summed E-state index contributed by atoms with van der Waals surface area (Å²) in [7, 11) is 2.14. The first kappa shape index (κ1) is 12.5. The van der Waals surface area contributed by atoms with E-state index in [1.54, 1.807) is 11.3 Å². The summed E-state index contributed by atoms with van der Waals surface area (Å²) < 4.78 is 0. The zero-order valence-electron chi connectivity index (χ0n) is 10.2. The second-order valence-corrected chi connectivity index (χ2v) is 5.61. The van der Waals surface area contributed by atoms with E-state index in [0.717, 1.165) is 25.8 Å². The van der Waals surface area contributed by atoms with Crippen molar-refractivity contribution in [1.29, 1.82) is 0 Å². The van der Waals surface area contributed by atoms with Crippen molar-refractivity contribution in [3.8, 4) is 0 Å². The first-order chi connectivity index (χ1) is 8.16. The third kappa shape index (κ3) is 3.26. The molecule has 4 nitrogen and oxygen atoms in total. The number of nitrogens with zero attached hydrogens (tertiary/aromatic N) is 2. The van der Waals surface area contributed by atoms with Gasteiger partial charge in [0.1, 0.15) is 0 Å². The van der Waals surface area contributed by atoms with Crippen LogP contribution in [0.1, 0.15) is 29.8 Å². The maximum atomic E-state index is 10.7. The number of fused-ring (bicyclic) bond motifs is 1. The summed E-state index contributed by atoms with van der Waals surface area (Å²) in [6, 6.07) is 0.593. The first-order valence-electron chi connectivity index (χ1n) is 6.06. The minimum atomic E-state index is -0.202. The molecule has 1 aliphatic carbocycles. The predicted molar refractivity (Wildman–Crippen MR) is 69.0 cm³/mol. The van der Waals surface area contributed by atoms with Crippen molar-refractivity contribution in [2.24, 2.45) is 5.73 Å². The number of carbonyl (C=O) groups excluding carboxylic acids is 1. The summed E-state index contributed by atoms with van der Waals surface area (Å²) in [4.78, 5) is 18.8. The van der Waals surface area contributed by atoms with Gasteiger partial charge in [-0.3, -0.25) is 4.79 Å². The van der Waals surface area contributed by atoms with E-state index >= 15 is 0 Å². The highest BCUT2D eigenvalue weighted by atomic mass is 32.1. The van der Waals surface area contributed by atoms with Crippen LogP contribution in [0.15, 0.2) is 5.51 Å². The molecule has 1 aromatic heterocycles. The number of likely N-dealkylation sites (N-methyl/N-ethyl adjacent to an activating group) is 1. The van der Waals surface area contributed by atoms with Gasteiger partial charge in [0.05, 0.1) is 11.2 Å². The number of primary amides is 1. The Labute approximate surface area is 106 Å². The van der Waals surface area contributed by atoms with Crippen LogP contribution in [-0.2, 0) is 17.6 Å². The number of thiazole rings is 1. The van der Waals surface area contributed by atoms with Crippen molar-refractivity contribution < 1.29 is 4.79 Å². The normalized spacial score (nSPS) is 19.3. The molecule has 1 atom stereocenters. The number of aryl methyl sites for hydroxylation is 1. The number of carbonyl (C=O) groups is 1. The number of rotatable bonds is 5. The monoisotopic (exact) mass is 253 g/mol. The van der Waals surface area contributed by atoms with Crippen LogP contribution in [0.2, 0.25) is 0 Å². The third-order valence-electron chi connectivity index (χ3n) is 3.42. The lowest BCUT2D eigenvalue weighted by molar-refractivity contribution is -0.118. The second kappa shape index (κ2) is 5.60. The van der Waals surface area contributed by atoms with Crippen molar-refractivity contribution in [3.05, 3.63) is 16.1 Å². The third-order valence-corrected chi connectivity index (χ3v) is 4.32. The Bertz CT molecular complexity index is 391. The van der Waals surface area contributed by atoms with E-state index in [0.29, 0.717) is 12.5 Å². The predicted octanol–water partition coefficient (Wildman–Crippen LogP) is 1.20. The van der Waals surface area contributed by atoms with E-state index in [2.05, 4.69) is 16.9 Å². The fraction of sp³-hybridized carbons (Fsp3) is 0.667. The van der Waals surface area contributed by atoms with Gasteiger partial charge in [0.15, 0.2) is 0 Å². The minimum Gasteiger partial charge on any atom is -0.370 e. The van der Waals surface area contributed by atoms with Gasteiger partial charge in [-0.15, -0.1) is 11.3 Å². The van der Waals surface area contributed by atoms with E-state index < -0.39 is 0 Å². The fourth-order valence-corrected chi connectivity index (χ4v) is 3.23. The highest BCUT2D eigenvalue weighted by Crippen LogP contribution is 2.26. The fourth-order valence-electron chi connectivity index (χ4n) is 2.34. The quantitative estimate of drug-likeness (QED) is 0.857. The molecule has 0 aromatic carbocycles. The summed E-state index contributed by atoms with van der Waals surface area (Å²) in [5, 5.41) is 0. The molecular weight excluding hydrogens is 234 g/mol. The molecule has 2 rings (SSSR count). The molecule has 1 aromatic rings. The highest BCUT2D eigenvalue weighted by molar-refractivity contribution is 7.09. The molecule has 2 N–H and O–H groups in total. The summed E-state index contributed by atoms with van der Waals surface area (Å²) in [6.45, 7) is 0.946. The maximum Gasteiger partial charge on any atom is 0.217 e. The molecule has 1 amide bonds.